The predicted octanol–water partition coefficient (Wildman–Crippen LogP) is 5.70. The number of fused-ring (bicyclic) bond motifs is 3. The van der Waals surface area contributed by atoms with Gasteiger partial charge in [-0.25, -0.2) is 0 Å². The molecule has 4 rings (SSSR count). The molecule has 24 heavy (non-hydrogen) atoms. The van der Waals surface area contributed by atoms with Crippen molar-refractivity contribution in [2.75, 3.05) is 0 Å². The molecule has 0 unspecified atom stereocenters. The molecule has 0 spiro atoms. The van der Waals surface area contributed by atoms with Crippen LogP contribution >= 0.6 is 0 Å². The molecular weight excluding hydrogens is 292 g/mol. The van der Waals surface area contributed by atoms with E-state index in [1.165, 1.54) is 44.4 Å². The first-order valence-corrected chi connectivity index (χ1v) is 8.42. The maximum absolute atomic E-state index is 4.93. The molecule has 0 radical (unpaired) electrons. The smallest absolute Gasteiger partial charge is 0.0975 e. The highest BCUT2D eigenvalue weighted by Gasteiger charge is 2.19. The Bertz CT molecular complexity index is 1080. The Hall–Kier alpha value is -2.61. The van der Waals surface area contributed by atoms with Gasteiger partial charge in [0.15, 0.2) is 0 Å². The van der Waals surface area contributed by atoms with Crippen molar-refractivity contribution in [3.8, 4) is 11.1 Å². The third-order valence-corrected chi connectivity index (χ3v) is 4.83. The first-order chi connectivity index (χ1) is 11.5. The number of aromatic nitrogens is 2. The zero-order valence-corrected chi connectivity index (χ0v) is 14.9. The van der Waals surface area contributed by atoms with Gasteiger partial charge in [-0.15, -0.1) is 0 Å². The zero-order valence-electron chi connectivity index (χ0n) is 14.9. The maximum atomic E-state index is 4.93. The van der Waals surface area contributed by atoms with Crippen LogP contribution in [0.5, 0.6) is 0 Å². The van der Waals surface area contributed by atoms with Gasteiger partial charge >= 0.3 is 0 Å². The van der Waals surface area contributed by atoms with Crippen molar-refractivity contribution in [2.24, 2.45) is 0 Å². The summed E-state index contributed by atoms with van der Waals surface area (Å²) < 4.78 is 2.28. The summed E-state index contributed by atoms with van der Waals surface area (Å²) in [6.07, 6.45) is 2.14. The Kier molecular flexibility index (Phi) is 3.24. The lowest BCUT2D eigenvalue weighted by Crippen LogP contribution is -1.92. The highest BCUT2D eigenvalue weighted by Crippen LogP contribution is 2.39. The number of benzene rings is 1. The van der Waals surface area contributed by atoms with Gasteiger partial charge in [0.1, 0.15) is 0 Å². The molecule has 0 fully saturated rings. The highest BCUT2D eigenvalue weighted by molar-refractivity contribution is 6.05. The molecule has 3 aromatic heterocycles. The molecule has 0 aliphatic heterocycles. The van der Waals surface area contributed by atoms with Gasteiger partial charge in [0.25, 0.3) is 0 Å². The molecular formula is C22H22N2. The third kappa shape index (κ3) is 2.06. The van der Waals surface area contributed by atoms with Crippen molar-refractivity contribution in [3.05, 3.63) is 70.5 Å². The fourth-order valence-electron chi connectivity index (χ4n) is 4.09. The summed E-state index contributed by atoms with van der Waals surface area (Å²) in [5.74, 6) is 0. The van der Waals surface area contributed by atoms with Crippen molar-refractivity contribution in [3.63, 3.8) is 0 Å². The zero-order chi connectivity index (χ0) is 17.0. The Morgan fingerprint density at radius 1 is 0.792 bits per heavy atom. The standard InChI is InChI=1S/C22H22N2/c1-13-10-14(2)19(15(3)11-13)20-18-8-6-7-9-24(18)22-16(4)12-17(5)23-21(20)22/h6-12H,1-5H3. The molecule has 0 saturated carbocycles. The van der Waals surface area contributed by atoms with Crippen LogP contribution in [0.25, 0.3) is 27.7 Å². The minimum Gasteiger partial charge on any atom is -0.314 e. The van der Waals surface area contributed by atoms with Crippen LogP contribution in [0.15, 0.2) is 42.6 Å². The van der Waals surface area contributed by atoms with Crippen LogP contribution < -0.4 is 0 Å². The fourth-order valence-corrected chi connectivity index (χ4v) is 4.09. The molecule has 0 saturated heterocycles. The van der Waals surface area contributed by atoms with Crippen molar-refractivity contribution in [1.82, 2.24) is 9.38 Å². The van der Waals surface area contributed by atoms with Gasteiger partial charge in [-0.05, 0) is 75.1 Å². The maximum Gasteiger partial charge on any atom is 0.0975 e. The van der Waals surface area contributed by atoms with Crippen LogP contribution in [0, 0.1) is 34.6 Å². The van der Waals surface area contributed by atoms with Gasteiger partial charge in [0.2, 0.25) is 0 Å². The highest BCUT2D eigenvalue weighted by atomic mass is 14.9. The van der Waals surface area contributed by atoms with E-state index < -0.39 is 0 Å². The summed E-state index contributed by atoms with van der Waals surface area (Å²) in [6, 6.07) is 13.1. The number of rotatable bonds is 1. The molecule has 3 heterocycles. The monoisotopic (exact) mass is 314 g/mol. The van der Waals surface area contributed by atoms with Crippen LogP contribution in [0.3, 0.4) is 0 Å². The predicted molar refractivity (Wildman–Crippen MR) is 102 cm³/mol. The van der Waals surface area contributed by atoms with Crippen molar-refractivity contribution in [2.45, 2.75) is 34.6 Å². The number of aryl methyl sites for hydroxylation is 5. The van der Waals surface area contributed by atoms with E-state index in [4.69, 9.17) is 4.98 Å². The van der Waals surface area contributed by atoms with Crippen molar-refractivity contribution in [1.29, 1.82) is 0 Å². The van der Waals surface area contributed by atoms with E-state index in [9.17, 15) is 0 Å². The minimum atomic E-state index is 1.07. The number of hydrogen-bond acceptors (Lipinski definition) is 1. The van der Waals surface area contributed by atoms with E-state index in [0.29, 0.717) is 0 Å². The summed E-state index contributed by atoms with van der Waals surface area (Å²) in [6.45, 7) is 10.8. The molecule has 0 N–H and O–H groups in total. The molecule has 0 bridgehead atoms. The topological polar surface area (TPSA) is 17.3 Å². The first kappa shape index (κ1) is 14.9. The second kappa shape index (κ2) is 5.20. The molecule has 4 aromatic rings. The molecule has 0 amide bonds. The lowest BCUT2D eigenvalue weighted by molar-refractivity contribution is 1.19. The van der Waals surface area contributed by atoms with Crippen molar-refractivity contribution < 1.29 is 0 Å². The molecule has 120 valence electrons. The van der Waals surface area contributed by atoms with Gasteiger partial charge in [-0.3, -0.25) is 4.98 Å². The first-order valence-electron chi connectivity index (χ1n) is 8.42. The number of pyridine rings is 2. The van der Waals surface area contributed by atoms with Gasteiger partial charge < -0.3 is 4.40 Å². The summed E-state index contributed by atoms with van der Waals surface area (Å²) >= 11 is 0. The molecule has 1 aromatic carbocycles. The largest absolute Gasteiger partial charge is 0.314 e. The lowest BCUT2D eigenvalue weighted by atomic mass is 9.93. The van der Waals surface area contributed by atoms with E-state index >= 15 is 0 Å². The van der Waals surface area contributed by atoms with E-state index in [2.05, 4.69) is 81.6 Å². The average molecular weight is 314 g/mol. The summed E-state index contributed by atoms with van der Waals surface area (Å²) in [5, 5.41) is 0. The Labute approximate surface area is 142 Å². The number of nitrogens with zero attached hydrogens (tertiary/aromatic N) is 2. The Morgan fingerprint density at radius 2 is 1.50 bits per heavy atom. The SMILES string of the molecule is Cc1cc(C)c(-c2c3nc(C)cc(C)c3n3ccccc23)c(C)c1. The summed E-state index contributed by atoms with van der Waals surface area (Å²) in [4.78, 5) is 4.93. The molecule has 2 heteroatoms. The van der Waals surface area contributed by atoms with Crippen LogP contribution in [-0.4, -0.2) is 9.38 Å². The van der Waals surface area contributed by atoms with Gasteiger partial charge in [-0.2, -0.15) is 0 Å². The fraction of sp³-hybridized carbons (Fsp3) is 0.227. The van der Waals surface area contributed by atoms with E-state index in [-0.39, 0.29) is 0 Å². The normalized spacial score (nSPS) is 11.5. The van der Waals surface area contributed by atoms with Gasteiger partial charge in [0.05, 0.1) is 16.6 Å². The minimum absolute atomic E-state index is 1.07. The quantitative estimate of drug-likeness (QED) is 0.441. The summed E-state index contributed by atoms with van der Waals surface area (Å²) in [5.41, 5.74) is 12.4. The molecule has 0 atom stereocenters. The van der Waals surface area contributed by atoms with Gasteiger partial charge in [-0.1, -0.05) is 23.8 Å². The van der Waals surface area contributed by atoms with E-state index in [0.717, 1.165) is 11.2 Å². The third-order valence-electron chi connectivity index (χ3n) is 4.83. The Morgan fingerprint density at radius 3 is 2.21 bits per heavy atom. The molecule has 2 nitrogen and oxygen atoms in total. The number of hydrogen-bond donors (Lipinski definition) is 0. The van der Waals surface area contributed by atoms with E-state index in [1.54, 1.807) is 0 Å². The van der Waals surface area contributed by atoms with Crippen molar-refractivity contribution >= 4 is 16.6 Å². The second-order valence-electron chi connectivity index (χ2n) is 6.88. The van der Waals surface area contributed by atoms with Crippen LogP contribution in [0.1, 0.15) is 27.9 Å². The second-order valence-corrected chi connectivity index (χ2v) is 6.88. The molecule has 0 aliphatic carbocycles. The van der Waals surface area contributed by atoms with E-state index in [1.807, 2.05) is 0 Å². The summed E-state index contributed by atoms with van der Waals surface area (Å²) in [7, 11) is 0. The van der Waals surface area contributed by atoms with Crippen LogP contribution in [-0.2, 0) is 0 Å². The van der Waals surface area contributed by atoms with Crippen LogP contribution in [0.2, 0.25) is 0 Å². The lowest BCUT2D eigenvalue weighted by Gasteiger charge is -2.11. The molecule has 0 aliphatic rings. The van der Waals surface area contributed by atoms with Crippen LogP contribution in [0.4, 0.5) is 0 Å². The average Bonchev–Trinajstić information content (AvgIpc) is 2.81. The van der Waals surface area contributed by atoms with Gasteiger partial charge in [0, 0.05) is 17.5 Å². The Balaban J connectivity index is 2.27.